The van der Waals surface area contributed by atoms with Crippen molar-refractivity contribution in [2.24, 2.45) is 0 Å². The molecule has 0 saturated carbocycles. The van der Waals surface area contributed by atoms with Gasteiger partial charge in [-0.2, -0.15) is 0 Å². The van der Waals surface area contributed by atoms with Gasteiger partial charge in [0.25, 0.3) is 0 Å². The molecule has 2 rings (SSSR count). The van der Waals surface area contributed by atoms with Gasteiger partial charge in [-0.25, -0.2) is 0 Å². The molecule has 0 aliphatic carbocycles. The minimum atomic E-state index is 0.400. The quantitative estimate of drug-likeness (QED) is 0.521. The minimum Gasteiger partial charge on any atom is -0.363 e. The number of hydrogen-bond donors (Lipinski definition) is 1. The molecule has 0 aromatic carbocycles. The van der Waals surface area contributed by atoms with Gasteiger partial charge >= 0.3 is 0 Å². The van der Waals surface area contributed by atoms with Gasteiger partial charge in [-0.1, -0.05) is 0 Å². The standard InChI is InChI=1S/C7H13NO/c1-2-6-4-5-9-7(3-1)8-6/h6-8H,1-5H2. The third kappa shape index (κ3) is 1.10. The van der Waals surface area contributed by atoms with E-state index < -0.39 is 0 Å². The third-order valence-electron chi connectivity index (χ3n) is 2.23. The minimum absolute atomic E-state index is 0.400. The lowest BCUT2D eigenvalue weighted by molar-refractivity contribution is -0.0419. The number of hydrogen-bond acceptors (Lipinski definition) is 2. The van der Waals surface area contributed by atoms with Crippen molar-refractivity contribution in [3.05, 3.63) is 0 Å². The molecule has 0 aromatic rings. The van der Waals surface area contributed by atoms with Gasteiger partial charge in [-0.15, -0.1) is 0 Å². The highest BCUT2D eigenvalue weighted by atomic mass is 16.5. The number of nitrogens with one attached hydrogen (secondary N) is 1. The second kappa shape index (κ2) is 2.27. The summed E-state index contributed by atoms with van der Waals surface area (Å²) in [5.74, 6) is 0. The van der Waals surface area contributed by atoms with E-state index in [2.05, 4.69) is 5.32 Å². The predicted octanol–water partition coefficient (Wildman–Crippen LogP) is 0.875. The Morgan fingerprint density at radius 2 is 2.22 bits per heavy atom. The van der Waals surface area contributed by atoms with Crippen LogP contribution in [-0.2, 0) is 4.74 Å². The van der Waals surface area contributed by atoms with Crippen LogP contribution in [0.4, 0.5) is 0 Å². The average molecular weight is 127 g/mol. The zero-order chi connectivity index (χ0) is 6.10. The molecule has 9 heavy (non-hydrogen) atoms. The molecule has 0 amide bonds. The number of ether oxygens (including phenoxy) is 1. The van der Waals surface area contributed by atoms with Crippen LogP contribution >= 0.6 is 0 Å². The van der Waals surface area contributed by atoms with E-state index in [0.717, 1.165) is 12.6 Å². The lowest BCUT2D eigenvalue weighted by atomic mass is 9.99. The molecule has 52 valence electrons. The molecule has 0 radical (unpaired) electrons. The molecule has 2 nitrogen and oxygen atoms in total. The normalized spacial score (nSPS) is 42.7. The van der Waals surface area contributed by atoms with Crippen molar-refractivity contribution >= 4 is 0 Å². The smallest absolute Gasteiger partial charge is 0.108 e. The van der Waals surface area contributed by atoms with E-state index >= 15 is 0 Å². The number of rotatable bonds is 0. The summed E-state index contributed by atoms with van der Waals surface area (Å²) in [6.45, 7) is 0.975. The molecule has 2 aliphatic heterocycles. The Labute approximate surface area is 55.6 Å². The Morgan fingerprint density at radius 1 is 1.22 bits per heavy atom. The van der Waals surface area contributed by atoms with Gasteiger partial charge in [-0.05, 0) is 25.7 Å². The van der Waals surface area contributed by atoms with Gasteiger partial charge in [0, 0.05) is 6.04 Å². The molecular formula is C7H13NO. The summed E-state index contributed by atoms with van der Waals surface area (Å²) in [4.78, 5) is 0. The Hall–Kier alpha value is -0.0800. The summed E-state index contributed by atoms with van der Waals surface area (Å²) in [6, 6.07) is 0.775. The highest BCUT2D eigenvalue weighted by Gasteiger charge is 2.24. The second-order valence-corrected chi connectivity index (χ2v) is 2.94. The van der Waals surface area contributed by atoms with Crippen molar-refractivity contribution < 1.29 is 4.74 Å². The van der Waals surface area contributed by atoms with Crippen LogP contribution in [0.15, 0.2) is 0 Å². The van der Waals surface area contributed by atoms with Gasteiger partial charge in [0.15, 0.2) is 0 Å². The first-order chi connectivity index (χ1) is 4.45. The summed E-state index contributed by atoms with van der Waals surface area (Å²) in [5, 5.41) is 3.43. The van der Waals surface area contributed by atoms with Crippen LogP contribution in [0.2, 0.25) is 0 Å². The van der Waals surface area contributed by atoms with E-state index in [1.807, 2.05) is 0 Å². The molecule has 2 bridgehead atoms. The Kier molecular flexibility index (Phi) is 1.44. The Bertz CT molecular complexity index is 85.1. The van der Waals surface area contributed by atoms with Crippen LogP contribution in [0.5, 0.6) is 0 Å². The second-order valence-electron chi connectivity index (χ2n) is 2.94. The molecule has 2 saturated heterocycles. The van der Waals surface area contributed by atoms with Crippen LogP contribution in [0.3, 0.4) is 0 Å². The van der Waals surface area contributed by atoms with Crippen molar-refractivity contribution in [1.82, 2.24) is 5.32 Å². The molecule has 0 spiro atoms. The van der Waals surface area contributed by atoms with Crippen LogP contribution in [0.1, 0.15) is 25.7 Å². The largest absolute Gasteiger partial charge is 0.363 e. The van der Waals surface area contributed by atoms with Gasteiger partial charge in [-0.3, -0.25) is 5.32 Å². The van der Waals surface area contributed by atoms with Crippen molar-refractivity contribution in [1.29, 1.82) is 0 Å². The van der Waals surface area contributed by atoms with Crippen molar-refractivity contribution in [2.75, 3.05) is 6.61 Å². The van der Waals surface area contributed by atoms with Gasteiger partial charge in [0.1, 0.15) is 6.23 Å². The number of fused-ring (bicyclic) bond motifs is 2. The lowest BCUT2D eigenvalue weighted by Gasteiger charge is -2.35. The van der Waals surface area contributed by atoms with Gasteiger partial charge in [0.2, 0.25) is 0 Å². The highest BCUT2D eigenvalue weighted by molar-refractivity contribution is 4.78. The highest BCUT2D eigenvalue weighted by Crippen LogP contribution is 2.19. The van der Waals surface area contributed by atoms with Crippen molar-refractivity contribution in [3.8, 4) is 0 Å². The molecule has 1 N–H and O–H groups in total. The van der Waals surface area contributed by atoms with Gasteiger partial charge < -0.3 is 4.74 Å². The monoisotopic (exact) mass is 127 g/mol. The molecule has 2 unspecified atom stereocenters. The topological polar surface area (TPSA) is 21.3 Å². The van der Waals surface area contributed by atoms with Crippen molar-refractivity contribution in [3.63, 3.8) is 0 Å². The SMILES string of the molecule is C1CC2CCOC(C1)N2. The predicted molar refractivity (Wildman–Crippen MR) is 35.1 cm³/mol. The summed E-state index contributed by atoms with van der Waals surface area (Å²) in [5.41, 5.74) is 0. The van der Waals surface area contributed by atoms with Crippen LogP contribution < -0.4 is 5.32 Å². The molecule has 0 aromatic heterocycles. The molecule has 2 heteroatoms. The zero-order valence-corrected chi connectivity index (χ0v) is 5.60. The van der Waals surface area contributed by atoms with Crippen LogP contribution in [-0.4, -0.2) is 18.9 Å². The fraction of sp³-hybridized carbons (Fsp3) is 1.00. The maximum Gasteiger partial charge on any atom is 0.108 e. The van der Waals surface area contributed by atoms with E-state index in [1.165, 1.54) is 25.7 Å². The molecule has 2 fully saturated rings. The fourth-order valence-corrected chi connectivity index (χ4v) is 1.69. The first-order valence-electron chi connectivity index (χ1n) is 3.83. The maximum atomic E-state index is 5.44. The molecular weight excluding hydrogens is 114 g/mol. The number of piperidine rings is 1. The van der Waals surface area contributed by atoms with E-state index in [4.69, 9.17) is 4.74 Å². The molecule has 2 atom stereocenters. The summed E-state index contributed by atoms with van der Waals surface area (Å²) in [6.07, 6.45) is 5.55. The fourth-order valence-electron chi connectivity index (χ4n) is 1.69. The van der Waals surface area contributed by atoms with E-state index in [-0.39, 0.29) is 0 Å². The van der Waals surface area contributed by atoms with Crippen molar-refractivity contribution in [2.45, 2.75) is 38.0 Å². The van der Waals surface area contributed by atoms with Crippen LogP contribution in [0.25, 0.3) is 0 Å². The summed E-state index contributed by atoms with van der Waals surface area (Å²) < 4.78 is 5.44. The zero-order valence-electron chi connectivity index (χ0n) is 5.60. The maximum absolute atomic E-state index is 5.44. The van der Waals surface area contributed by atoms with E-state index in [9.17, 15) is 0 Å². The third-order valence-corrected chi connectivity index (χ3v) is 2.23. The summed E-state index contributed by atoms with van der Waals surface area (Å²) in [7, 11) is 0. The van der Waals surface area contributed by atoms with Gasteiger partial charge in [0.05, 0.1) is 6.61 Å². The first kappa shape index (κ1) is 5.69. The summed E-state index contributed by atoms with van der Waals surface area (Å²) >= 11 is 0. The lowest BCUT2D eigenvalue weighted by Crippen LogP contribution is -2.48. The first-order valence-corrected chi connectivity index (χ1v) is 3.83. The Balaban J connectivity index is 1.96. The molecule has 2 aliphatic rings. The van der Waals surface area contributed by atoms with E-state index in [1.54, 1.807) is 0 Å². The van der Waals surface area contributed by atoms with E-state index in [0.29, 0.717) is 6.23 Å². The Morgan fingerprint density at radius 3 is 3.00 bits per heavy atom. The van der Waals surface area contributed by atoms with Crippen LogP contribution in [0, 0.1) is 0 Å². The average Bonchev–Trinajstić information content (AvgIpc) is 1.88. The molecule has 2 heterocycles.